The van der Waals surface area contributed by atoms with E-state index in [2.05, 4.69) is 15.4 Å². The van der Waals surface area contributed by atoms with E-state index in [4.69, 9.17) is 11.6 Å². The van der Waals surface area contributed by atoms with Gasteiger partial charge in [-0.05, 0) is 43.9 Å². The normalized spacial score (nSPS) is 12.1. The highest BCUT2D eigenvalue weighted by Gasteiger charge is 2.17. The zero-order chi connectivity index (χ0) is 16.7. The molecule has 1 atom stereocenters. The zero-order valence-electron chi connectivity index (χ0n) is 13.6. The largest absolute Gasteiger partial charge is 0.346 e. The van der Waals surface area contributed by atoms with Crippen molar-refractivity contribution in [2.45, 2.75) is 52.1 Å². The number of halogens is 1. The average Bonchev–Trinajstić information content (AvgIpc) is 3.03. The Balaban J connectivity index is 1.82. The van der Waals surface area contributed by atoms with Gasteiger partial charge in [0.2, 0.25) is 5.91 Å². The summed E-state index contributed by atoms with van der Waals surface area (Å²) in [6, 6.07) is 7.67. The highest BCUT2D eigenvalue weighted by atomic mass is 35.5. The van der Waals surface area contributed by atoms with Gasteiger partial charge in [0.05, 0.1) is 6.04 Å². The zero-order valence-corrected chi connectivity index (χ0v) is 14.4. The number of nitrogens with one attached hydrogen (secondary N) is 1. The first-order chi connectivity index (χ1) is 11.1. The molecule has 1 heterocycles. The summed E-state index contributed by atoms with van der Waals surface area (Å²) >= 11 is 5.87. The van der Waals surface area contributed by atoms with Crippen LogP contribution in [0.1, 0.15) is 50.5 Å². The lowest BCUT2D eigenvalue weighted by Gasteiger charge is -2.16. The minimum Gasteiger partial charge on any atom is -0.346 e. The minimum absolute atomic E-state index is 0.0523. The van der Waals surface area contributed by atoms with Crippen LogP contribution in [-0.2, 0) is 17.8 Å². The van der Waals surface area contributed by atoms with Gasteiger partial charge in [-0.25, -0.2) is 9.67 Å². The summed E-state index contributed by atoms with van der Waals surface area (Å²) in [6.07, 6.45) is 4.51. The molecule has 0 aliphatic heterocycles. The molecule has 0 saturated carbocycles. The highest BCUT2D eigenvalue weighted by molar-refractivity contribution is 6.30. The summed E-state index contributed by atoms with van der Waals surface area (Å²) in [4.78, 5) is 16.4. The summed E-state index contributed by atoms with van der Waals surface area (Å²) in [5, 5.41) is 7.95. The Bertz CT molecular complexity index is 624. The molecule has 23 heavy (non-hydrogen) atoms. The Morgan fingerprint density at radius 1 is 1.30 bits per heavy atom. The van der Waals surface area contributed by atoms with Gasteiger partial charge in [-0.3, -0.25) is 4.79 Å². The fraction of sp³-hybridized carbons (Fsp3) is 0.471. The van der Waals surface area contributed by atoms with E-state index in [0.29, 0.717) is 6.42 Å². The number of hydrogen-bond donors (Lipinski definition) is 1. The molecule has 2 rings (SSSR count). The number of aryl methyl sites for hydroxylation is 2. The van der Waals surface area contributed by atoms with Crippen molar-refractivity contribution in [1.82, 2.24) is 20.1 Å². The Morgan fingerprint density at radius 3 is 2.70 bits per heavy atom. The molecular formula is C17H23ClN4O. The standard InChI is InChI=1S/C17H23ClN4O/c1-3-15(17-19-12-20-22(17)4-2)21-16(23)7-5-6-13-8-10-14(18)11-9-13/h8-12,15H,3-7H2,1-2H3,(H,21,23)/t15-/m1/s1. The molecule has 1 aromatic carbocycles. The first-order valence-electron chi connectivity index (χ1n) is 8.05. The van der Waals surface area contributed by atoms with Gasteiger partial charge >= 0.3 is 0 Å². The number of amides is 1. The second-order valence-electron chi connectivity index (χ2n) is 5.44. The maximum absolute atomic E-state index is 12.2. The van der Waals surface area contributed by atoms with E-state index >= 15 is 0 Å². The number of rotatable bonds is 8. The van der Waals surface area contributed by atoms with Gasteiger partial charge in [-0.1, -0.05) is 30.7 Å². The van der Waals surface area contributed by atoms with E-state index in [9.17, 15) is 4.79 Å². The Morgan fingerprint density at radius 2 is 2.04 bits per heavy atom. The van der Waals surface area contributed by atoms with Crippen molar-refractivity contribution in [3.63, 3.8) is 0 Å². The van der Waals surface area contributed by atoms with E-state index in [1.165, 1.54) is 11.9 Å². The summed E-state index contributed by atoms with van der Waals surface area (Å²) in [7, 11) is 0. The molecule has 0 spiro atoms. The quantitative estimate of drug-likeness (QED) is 0.803. The van der Waals surface area contributed by atoms with Crippen molar-refractivity contribution < 1.29 is 4.79 Å². The first kappa shape index (κ1) is 17.5. The van der Waals surface area contributed by atoms with Crippen LogP contribution < -0.4 is 5.32 Å². The maximum atomic E-state index is 12.2. The molecule has 1 amide bonds. The van der Waals surface area contributed by atoms with Crippen LogP contribution >= 0.6 is 11.6 Å². The molecule has 1 aromatic heterocycles. The molecule has 5 nitrogen and oxygen atoms in total. The van der Waals surface area contributed by atoms with Gasteiger partial charge in [-0.15, -0.1) is 0 Å². The number of nitrogens with zero attached hydrogens (tertiary/aromatic N) is 3. The van der Waals surface area contributed by atoms with Crippen LogP contribution in [0.4, 0.5) is 0 Å². The van der Waals surface area contributed by atoms with Crippen molar-refractivity contribution in [2.75, 3.05) is 0 Å². The molecule has 0 radical (unpaired) electrons. The maximum Gasteiger partial charge on any atom is 0.220 e. The van der Waals surface area contributed by atoms with Crippen LogP contribution in [0.2, 0.25) is 5.02 Å². The lowest BCUT2D eigenvalue weighted by atomic mass is 10.1. The van der Waals surface area contributed by atoms with Gasteiger partial charge in [0.25, 0.3) is 0 Å². The van der Waals surface area contributed by atoms with E-state index in [-0.39, 0.29) is 11.9 Å². The van der Waals surface area contributed by atoms with E-state index in [1.54, 1.807) is 0 Å². The SMILES string of the molecule is CC[C@@H](NC(=O)CCCc1ccc(Cl)cc1)c1ncnn1CC. The predicted octanol–water partition coefficient (Wildman–Crippen LogP) is 3.54. The molecule has 0 saturated heterocycles. The monoisotopic (exact) mass is 334 g/mol. The average molecular weight is 335 g/mol. The minimum atomic E-state index is -0.0829. The van der Waals surface area contributed by atoms with Crippen molar-refractivity contribution in [1.29, 1.82) is 0 Å². The molecule has 2 aromatic rings. The van der Waals surface area contributed by atoms with E-state index < -0.39 is 0 Å². The van der Waals surface area contributed by atoms with Crippen LogP contribution in [0.25, 0.3) is 0 Å². The number of aromatic nitrogens is 3. The summed E-state index contributed by atoms with van der Waals surface area (Å²) in [5.41, 5.74) is 1.19. The summed E-state index contributed by atoms with van der Waals surface area (Å²) in [5.74, 6) is 0.873. The third-order valence-corrected chi connectivity index (χ3v) is 4.03. The number of carbonyl (C=O) groups is 1. The smallest absolute Gasteiger partial charge is 0.220 e. The molecule has 0 bridgehead atoms. The van der Waals surface area contributed by atoms with Crippen LogP contribution in [0, 0.1) is 0 Å². The highest BCUT2D eigenvalue weighted by Crippen LogP contribution is 2.15. The summed E-state index contributed by atoms with van der Waals surface area (Å²) < 4.78 is 1.82. The molecule has 0 aliphatic carbocycles. The second-order valence-corrected chi connectivity index (χ2v) is 5.88. The molecular weight excluding hydrogens is 312 g/mol. The van der Waals surface area contributed by atoms with Crippen molar-refractivity contribution in [3.8, 4) is 0 Å². The van der Waals surface area contributed by atoms with Crippen molar-refractivity contribution in [3.05, 3.63) is 47.0 Å². The molecule has 1 N–H and O–H groups in total. The van der Waals surface area contributed by atoms with Gasteiger partial charge in [-0.2, -0.15) is 5.10 Å². The number of carbonyl (C=O) groups excluding carboxylic acids is 1. The lowest BCUT2D eigenvalue weighted by molar-refractivity contribution is -0.122. The first-order valence-corrected chi connectivity index (χ1v) is 8.43. The van der Waals surface area contributed by atoms with Crippen molar-refractivity contribution >= 4 is 17.5 Å². The number of hydrogen-bond acceptors (Lipinski definition) is 3. The van der Waals surface area contributed by atoms with Crippen LogP contribution in [0.3, 0.4) is 0 Å². The Kier molecular flexibility index (Phi) is 6.59. The second kappa shape index (κ2) is 8.67. The topological polar surface area (TPSA) is 59.8 Å². The van der Waals surface area contributed by atoms with Gasteiger partial charge < -0.3 is 5.32 Å². The lowest BCUT2D eigenvalue weighted by Crippen LogP contribution is -2.30. The fourth-order valence-electron chi connectivity index (χ4n) is 2.51. The van der Waals surface area contributed by atoms with E-state index in [0.717, 1.165) is 36.7 Å². The Labute approximate surface area is 142 Å². The third kappa shape index (κ3) is 5.06. The summed E-state index contributed by atoms with van der Waals surface area (Å²) in [6.45, 7) is 4.80. The van der Waals surface area contributed by atoms with Crippen molar-refractivity contribution in [2.24, 2.45) is 0 Å². The third-order valence-electron chi connectivity index (χ3n) is 3.78. The molecule has 0 fully saturated rings. The van der Waals surface area contributed by atoms with E-state index in [1.807, 2.05) is 42.8 Å². The van der Waals surface area contributed by atoms with Gasteiger partial charge in [0.15, 0.2) is 0 Å². The van der Waals surface area contributed by atoms with Gasteiger partial charge in [0, 0.05) is 18.0 Å². The van der Waals surface area contributed by atoms with Gasteiger partial charge in [0.1, 0.15) is 12.2 Å². The van der Waals surface area contributed by atoms with Crippen LogP contribution in [0.15, 0.2) is 30.6 Å². The molecule has 6 heteroatoms. The molecule has 0 aliphatic rings. The molecule has 0 unspecified atom stereocenters. The predicted molar refractivity (Wildman–Crippen MR) is 91.3 cm³/mol. The van der Waals surface area contributed by atoms with Crippen LogP contribution in [-0.4, -0.2) is 20.7 Å². The Hall–Kier alpha value is -1.88. The molecule has 124 valence electrons. The van der Waals surface area contributed by atoms with Crippen LogP contribution in [0.5, 0.6) is 0 Å². The fourth-order valence-corrected chi connectivity index (χ4v) is 2.63. The number of benzene rings is 1.